The van der Waals surface area contributed by atoms with E-state index in [0.29, 0.717) is 0 Å². The molecule has 0 spiro atoms. The monoisotopic (exact) mass is 256 g/mol. The summed E-state index contributed by atoms with van der Waals surface area (Å²) in [6.45, 7) is 5.67. The molecule has 1 amide bonds. The van der Waals surface area contributed by atoms with E-state index < -0.39 is 5.54 Å². The van der Waals surface area contributed by atoms with Crippen molar-refractivity contribution in [3.63, 3.8) is 0 Å². The lowest BCUT2D eigenvalue weighted by Gasteiger charge is -2.29. The van der Waals surface area contributed by atoms with Crippen LogP contribution in [0.1, 0.15) is 58.8 Å². The molecular weight excluding hydrogens is 228 g/mol. The Morgan fingerprint density at radius 1 is 1.44 bits per heavy atom. The zero-order valence-corrected chi connectivity index (χ0v) is 11.8. The average Bonchev–Trinajstić information content (AvgIpc) is 2.85. The maximum atomic E-state index is 11.6. The molecule has 0 aromatic heterocycles. The summed E-state index contributed by atoms with van der Waals surface area (Å²) in [5.41, 5.74) is 4.94. The molecule has 2 atom stereocenters. The normalized spacial score (nSPS) is 22.9. The Hall–Kier alpha value is -0.610. The van der Waals surface area contributed by atoms with Gasteiger partial charge in [0.2, 0.25) is 5.91 Å². The predicted octanol–water partition coefficient (Wildman–Crippen LogP) is 1.97. The molecular formula is C14H28N2O2. The van der Waals surface area contributed by atoms with Gasteiger partial charge in [-0.15, -0.1) is 0 Å². The van der Waals surface area contributed by atoms with Gasteiger partial charge in [-0.05, 0) is 26.2 Å². The highest BCUT2D eigenvalue weighted by atomic mass is 16.5. The zero-order valence-electron chi connectivity index (χ0n) is 11.8. The van der Waals surface area contributed by atoms with Gasteiger partial charge in [0.25, 0.3) is 0 Å². The summed E-state index contributed by atoms with van der Waals surface area (Å²) in [6.07, 6.45) is 7.91. The summed E-state index contributed by atoms with van der Waals surface area (Å²) in [6, 6.07) is 0. The Bertz CT molecular complexity index is 252. The van der Waals surface area contributed by atoms with Gasteiger partial charge in [0, 0.05) is 13.2 Å². The third-order valence-corrected chi connectivity index (χ3v) is 3.82. The molecule has 4 nitrogen and oxygen atoms in total. The Morgan fingerprint density at radius 3 is 2.78 bits per heavy atom. The molecule has 0 aromatic rings. The zero-order chi connectivity index (χ0) is 13.4. The van der Waals surface area contributed by atoms with E-state index in [1.165, 1.54) is 19.3 Å². The van der Waals surface area contributed by atoms with Crippen LogP contribution in [0.15, 0.2) is 0 Å². The minimum atomic E-state index is -0.584. The minimum absolute atomic E-state index is 0.249. The summed E-state index contributed by atoms with van der Waals surface area (Å²) >= 11 is 0. The molecule has 0 radical (unpaired) electrons. The van der Waals surface area contributed by atoms with Crippen molar-refractivity contribution in [3.05, 3.63) is 0 Å². The second-order valence-corrected chi connectivity index (χ2v) is 5.52. The van der Waals surface area contributed by atoms with E-state index in [1.807, 2.05) is 6.92 Å². The van der Waals surface area contributed by atoms with Crippen LogP contribution in [0.3, 0.4) is 0 Å². The summed E-state index contributed by atoms with van der Waals surface area (Å²) < 4.78 is 5.56. The lowest BCUT2D eigenvalue weighted by Crippen LogP contribution is -2.54. The van der Waals surface area contributed by atoms with Crippen molar-refractivity contribution in [3.8, 4) is 0 Å². The number of carbonyl (C=O) groups excluding carboxylic acids is 1. The van der Waals surface area contributed by atoms with Gasteiger partial charge in [-0.2, -0.15) is 0 Å². The van der Waals surface area contributed by atoms with Crippen LogP contribution in [-0.4, -0.2) is 30.7 Å². The van der Waals surface area contributed by atoms with Gasteiger partial charge in [-0.1, -0.05) is 32.6 Å². The molecule has 1 heterocycles. The van der Waals surface area contributed by atoms with Gasteiger partial charge < -0.3 is 15.8 Å². The number of hydrogen-bond donors (Lipinski definition) is 2. The lowest BCUT2D eigenvalue weighted by atomic mass is 9.93. The van der Waals surface area contributed by atoms with Crippen molar-refractivity contribution in [2.45, 2.75) is 70.4 Å². The highest BCUT2D eigenvalue weighted by Gasteiger charge is 2.31. The molecule has 3 N–H and O–H groups in total. The fourth-order valence-corrected chi connectivity index (χ4v) is 2.35. The average molecular weight is 256 g/mol. The molecule has 0 aromatic carbocycles. The van der Waals surface area contributed by atoms with Crippen LogP contribution in [0, 0.1) is 0 Å². The third kappa shape index (κ3) is 4.94. The summed E-state index contributed by atoms with van der Waals surface area (Å²) in [5.74, 6) is -0.253. The Kier molecular flexibility index (Phi) is 6.65. The van der Waals surface area contributed by atoms with E-state index in [1.54, 1.807) is 0 Å². The number of carbonyl (C=O) groups is 1. The first-order valence-corrected chi connectivity index (χ1v) is 7.25. The number of unbranched alkanes of at least 4 members (excludes halogenated alkanes) is 3. The second kappa shape index (κ2) is 7.74. The third-order valence-electron chi connectivity index (χ3n) is 3.82. The summed E-state index contributed by atoms with van der Waals surface area (Å²) in [7, 11) is 0. The van der Waals surface area contributed by atoms with Crippen LogP contribution in [0.5, 0.6) is 0 Å². The number of ether oxygens (including phenoxy) is 1. The minimum Gasteiger partial charge on any atom is -0.377 e. The van der Waals surface area contributed by atoms with Crippen LogP contribution in [0.2, 0.25) is 0 Å². The van der Waals surface area contributed by atoms with Crippen molar-refractivity contribution in [1.82, 2.24) is 5.32 Å². The Labute approximate surface area is 111 Å². The van der Waals surface area contributed by atoms with Crippen LogP contribution < -0.4 is 11.1 Å². The number of rotatable bonds is 9. The van der Waals surface area contributed by atoms with Crippen LogP contribution in [0.25, 0.3) is 0 Å². The second-order valence-electron chi connectivity index (χ2n) is 5.52. The van der Waals surface area contributed by atoms with Gasteiger partial charge in [0.05, 0.1) is 11.6 Å². The molecule has 1 aliphatic rings. The Balaban J connectivity index is 2.33. The smallest absolute Gasteiger partial charge is 0.237 e. The van der Waals surface area contributed by atoms with Gasteiger partial charge in [0.1, 0.15) is 0 Å². The van der Waals surface area contributed by atoms with Crippen molar-refractivity contribution in [2.75, 3.05) is 13.2 Å². The van der Waals surface area contributed by atoms with Gasteiger partial charge in [-0.25, -0.2) is 0 Å². The van der Waals surface area contributed by atoms with E-state index >= 15 is 0 Å². The molecule has 2 unspecified atom stereocenters. The molecule has 106 valence electrons. The number of nitrogens with two attached hydrogens (primary N) is 1. The first-order chi connectivity index (χ1) is 8.58. The maximum absolute atomic E-state index is 11.6. The van der Waals surface area contributed by atoms with Gasteiger partial charge >= 0.3 is 0 Å². The van der Waals surface area contributed by atoms with Crippen molar-refractivity contribution >= 4 is 5.91 Å². The molecule has 1 saturated heterocycles. The van der Waals surface area contributed by atoms with E-state index in [0.717, 1.165) is 38.8 Å². The molecule has 1 fully saturated rings. The largest absolute Gasteiger partial charge is 0.377 e. The number of primary amides is 1. The lowest BCUT2D eigenvalue weighted by molar-refractivity contribution is -0.124. The molecule has 4 heteroatoms. The molecule has 0 bridgehead atoms. The van der Waals surface area contributed by atoms with Gasteiger partial charge in [0.15, 0.2) is 0 Å². The molecule has 0 saturated carbocycles. The van der Waals surface area contributed by atoms with Crippen molar-refractivity contribution in [2.24, 2.45) is 5.73 Å². The van der Waals surface area contributed by atoms with Crippen LogP contribution in [0.4, 0.5) is 0 Å². The predicted molar refractivity (Wildman–Crippen MR) is 73.3 cm³/mol. The summed E-state index contributed by atoms with van der Waals surface area (Å²) in [5, 5.41) is 3.31. The first kappa shape index (κ1) is 15.4. The molecule has 1 rings (SSSR count). The molecule has 0 aliphatic carbocycles. The number of hydrogen-bond acceptors (Lipinski definition) is 3. The van der Waals surface area contributed by atoms with E-state index in [9.17, 15) is 4.79 Å². The Morgan fingerprint density at radius 2 is 2.22 bits per heavy atom. The van der Waals surface area contributed by atoms with Crippen LogP contribution >= 0.6 is 0 Å². The number of nitrogens with one attached hydrogen (secondary N) is 1. The molecule has 18 heavy (non-hydrogen) atoms. The SMILES string of the molecule is CCCCCCC(C)(NCC1CCCO1)C(N)=O. The highest BCUT2D eigenvalue weighted by Crippen LogP contribution is 2.17. The summed E-state index contributed by atoms with van der Waals surface area (Å²) in [4.78, 5) is 11.6. The molecule has 1 aliphatic heterocycles. The maximum Gasteiger partial charge on any atom is 0.237 e. The van der Waals surface area contributed by atoms with Gasteiger partial charge in [-0.3, -0.25) is 4.79 Å². The van der Waals surface area contributed by atoms with E-state index in [2.05, 4.69) is 12.2 Å². The van der Waals surface area contributed by atoms with E-state index in [-0.39, 0.29) is 12.0 Å². The standard InChI is InChI=1S/C14H28N2O2/c1-3-4-5-6-9-14(2,13(15)17)16-11-12-8-7-10-18-12/h12,16H,3-11H2,1-2H3,(H2,15,17). The van der Waals surface area contributed by atoms with Crippen molar-refractivity contribution < 1.29 is 9.53 Å². The fourth-order valence-electron chi connectivity index (χ4n) is 2.35. The quantitative estimate of drug-likeness (QED) is 0.620. The fraction of sp³-hybridized carbons (Fsp3) is 0.929. The van der Waals surface area contributed by atoms with Crippen molar-refractivity contribution in [1.29, 1.82) is 0 Å². The first-order valence-electron chi connectivity index (χ1n) is 7.25. The topological polar surface area (TPSA) is 64.3 Å². The van der Waals surface area contributed by atoms with E-state index in [4.69, 9.17) is 10.5 Å². The van der Waals surface area contributed by atoms with Crippen LogP contribution in [-0.2, 0) is 9.53 Å². The highest BCUT2D eigenvalue weighted by molar-refractivity contribution is 5.84. The number of amides is 1.